The van der Waals surface area contributed by atoms with E-state index in [-0.39, 0.29) is 17.7 Å². The van der Waals surface area contributed by atoms with Crippen LogP contribution in [0.4, 0.5) is 0 Å². The van der Waals surface area contributed by atoms with Crippen LogP contribution in [0.2, 0.25) is 5.02 Å². The van der Waals surface area contributed by atoms with Crippen LogP contribution < -0.4 is 0 Å². The first kappa shape index (κ1) is 13.9. The highest BCUT2D eigenvalue weighted by Crippen LogP contribution is 2.37. The van der Waals surface area contributed by atoms with Crippen LogP contribution in [0.15, 0.2) is 24.3 Å². The fourth-order valence-corrected chi connectivity index (χ4v) is 3.57. The zero-order valence-electron chi connectivity index (χ0n) is 11.1. The molecule has 0 radical (unpaired) electrons. The summed E-state index contributed by atoms with van der Waals surface area (Å²) in [5.41, 5.74) is 0.595. The second-order valence-electron chi connectivity index (χ2n) is 5.85. The Hall–Kier alpha value is -1.10. The van der Waals surface area contributed by atoms with Crippen LogP contribution in [-0.2, 0) is 0 Å². The number of fused-ring (bicyclic) bond motifs is 1. The molecule has 1 heterocycles. The van der Waals surface area contributed by atoms with Crippen LogP contribution >= 0.6 is 11.6 Å². The molecule has 3 rings (SSSR count). The van der Waals surface area contributed by atoms with Crippen molar-refractivity contribution in [2.75, 3.05) is 13.1 Å². The molecule has 0 aromatic heterocycles. The summed E-state index contributed by atoms with van der Waals surface area (Å²) in [6, 6.07) is 6.95. The smallest absolute Gasteiger partial charge is 0.253 e. The number of hydrogen-bond donors (Lipinski definition) is 2. The van der Waals surface area contributed by atoms with Crippen molar-refractivity contribution >= 4 is 17.5 Å². The van der Waals surface area contributed by atoms with Crippen molar-refractivity contribution < 1.29 is 15.0 Å². The first-order chi connectivity index (χ1) is 9.54. The van der Waals surface area contributed by atoms with Crippen LogP contribution in [0, 0.1) is 11.8 Å². The number of amides is 1. The summed E-state index contributed by atoms with van der Waals surface area (Å²) in [5.74, 6) is 0.555. The number of benzene rings is 1. The van der Waals surface area contributed by atoms with Crippen LogP contribution in [-0.4, -0.2) is 46.3 Å². The van der Waals surface area contributed by atoms with E-state index >= 15 is 0 Å². The number of aliphatic hydroxyl groups is 2. The fraction of sp³-hybridized carbons (Fsp3) is 0.533. The molecule has 4 nitrogen and oxygen atoms in total. The number of hydrogen-bond acceptors (Lipinski definition) is 3. The summed E-state index contributed by atoms with van der Waals surface area (Å²) in [6.45, 7) is 1.31. The van der Waals surface area contributed by atoms with Gasteiger partial charge in [0.25, 0.3) is 5.91 Å². The number of nitrogens with zero attached hydrogens (tertiary/aromatic N) is 1. The topological polar surface area (TPSA) is 60.8 Å². The number of likely N-dealkylation sites (tertiary alicyclic amines) is 1. The normalized spacial score (nSPS) is 33.0. The van der Waals surface area contributed by atoms with E-state index in [2.05, 4.69) is 0 Å². The van der Waals surface area contributed by atoms with Gasteiger partial charge in [-0.2, -0.15) is 0 Å². The van der Waals surface area contributed by atoms with Gasteiger partial charge in [-0.1, -0.05) is 17.7 Å². The van der Waals surface area contributed by atoms with E-state index in [9.17, 15) is 15.0 Å². The average Bonchev–Trinajstić information content (AvgIpc) is 2.81. The third kappa shape index (κ3) is 2.55. The van der Waals surface area contributed by atoms with Crippen LogP contribution in [0.5, 0.6) is 0 Å². The molecule has 0 unspecified atom stereocenters. The van der Waals surface area contributed by atoms with Gasteiger partial charge in [-0.15, -0.1) is 0 Å². The van der Waals surface area contributed by atoms with E-state index in [1.165, 1.54) is 0 Å². The molecule has 1 saturated carbocycles. The van der Waals surface area contributed by atoms with Gasteiger partial charge < -0.3 is 15.1 Å². The van der Waals surface area contributed by atoms with Crippen molar-refractivity contribution in [3.05, 3.63) is 34.9 Å². The molecule has 5 heteroatoms. The minimum atomic E-state index is -0.655. The molecular formula is C15H18ClNO3. The van der Waals surface area contributed by atoms with E-state index in [1.807, 2.05) is 4.90 Å². The van der Waals surface area contributed by atoms with Crippen molar-refractivity contribution in [1.82, 2.24) is 4.90 Å². The maximum Gasteiger partial charge on any atom is 0.253 e. The predicted molar refractivity (Wildman–Crippen MR) is 75.6 cm³/mol. The molecule has 0 spiro atoms. The molecule has 1 saturated heterocycles. The van der Waals surface area contributed by atoms with E-state index < -0.39 is 12.2 Å². The lowest BCUT2D eigenvalue weighted by Gasteiger charge is -2.31. The third-order valence-electron chi connectivity index (χ3n) is 4.47. The maximum absolute atomic E-state index is 12.4. The van der Waals surface area contributed by atoms with Crippen molar-refractivity contribution in [3.63, 3.8) is 0 Å². The number of rotatable bonds is 1. The Bertz CT molecular complexity index is 504. The molecule has 1 amide bonds. The van der Waals surface area contributed by atoms with Crippen LogP contribution in [0.1, 0.15) is 23.2 Å². The summed E-state index contributed by atoms with van der Waals surface area (Å²) in [5, 5.41) is 20.0. The summed E-state index contributed by atoms with van der Waals surface area (Å²) in [7, 11) is 0. The number of carbonyl (C=O) groups is 1. The zero-order valence-corrected chi connectivity index (χ0v) is 11.8. The molecule has 108 valence electrons. The zero-order chi connectivity index (χ0) is 14.3. The third-order valence-corrected chi connectivity index (χ3v) is 4.70. The van der Waals surface area contributed by atoms with Gasteiger partial charge in [0.15, 0.2) is 0 Å². The van der Waals surface area contributed by atoms with Crippen LogP contribution in [0.25, 0.3) is 0 Å². The van der Waals surface area contributed by atoms with Gasteiger partial charge in [-0.25, -0.2) is 0 Å². The molecule has 2 aliphatic rings. The van der Waals surface area contributed by atoms with Crippen LogP contribution in [0.3, 0.4) is 0 Å². The SMILES string of the molecule is O=C(c1cccc(Cl)c1)N1C[C@H]2C[C@H](O)[C@H](O)C[C@H]2C1. The predicted octanol–water partition coefficient (Wildman–Crippen LogP) is 1.54. The summed E-state index contributed by atoms with van der Waals surface area (Å²) >= 11 is 5.92. The molecular weight excluding hydrogens is 278 g/mol. The highest BCUT2D eigenvalue weighted by atomic mass is 35.5. The second-order valence-corrected chi connectivity index (χ2v) is 6.28. The quantitative estimate of drug-likeness (QED) is 0.826. The molecule has 1 aromatic rings. The lowest BCUT2D eigenvalue weighted by Crippen LogP contribution is -2.38. The summed E-state index contributed by atoms with van der Waals surface area (Å²) in [6.07, 6.45) is -0.161. The molecule has 1 aliphatic heterocycles. The standard InChI is InChI=1S/C15H18ClNO3/c16-12-3-1-2-9(4-12)15(20)17-7-10-5-13(18)14(19)6-11(10)8-17/h1-4,10-11,13-14,18-19H,5-8H2/t10-,11+,13+,14-. The Kier molecular flexibility index (Phi) is 3.71. The fourth-order valence-electron chi connectivity index (χ4n) is 3.38. The Morgan fingerprint density at radius 2 is 1.75 bits per heavy atom. The maximum atomic E-state index is 12.4. The number of carbonyl (C=O) groups excluding carboxylic acids is 1. The van der Waals surface area contributed by atoms with E-state index in [1.54, 1.807) is 24.3 Å². The second kappa shape index (κ2) is 5.35. The Morgan fingerprint density at radius 3 is 2.30 bits per heavy atom. The summed E-state index contributed by atoms with van der Waals surface area (Å²) in [4.78, 5) is 14.3. The monoisotopic (exact) mass is 295 g/mol. The van der Waals surface area contributed by atoms with E-state index in [4.69, 9.17) is 11.6 Å². The Morgan fingerprint density at radius 1 is 1.15 bits per heavy atom. The molecule has 20 heavy (non-hydrogen) atoms. The minimum Gasteiger partial charge on any atom is -0.390 e. The van der Waals surface area contributed by atoms with Gasteiger partial charge in [-0.05, 0) is 42.9 Å². The first-order valence-electron chi connectivity index (χ1n) is 6.95. The van der Waals surface area contributed by atoms with Gasteiger partial charge in [-0.3, -0.25) is 4.79 Å². The van der Waals surface area contributed by atoms with Crippen molar-refractivity contribution in [2.45, 2.75) is 25.0 Å². The van der Waals surface area contributed by atoms with Gasteiger partial charge >= 0.3 is 0 Å². The van der Waals surface area contributed by atoms with Gasteiger partial charge in [0.05, 0.1) is 12.2 Å². The van der Waals surface area contributed by atoms with Gasteiger partial charge in [0, 0.05) is 23.7 Å². The molecule has 2 fully saturated rings. The molecule has 2 N–H and O–H groups in total. The molecule has 4 atom stereocenters. The molecule has 0 bridgehead atoms. The molecule has 1 aliphatic carbocycles. The van der Waals surface area contributed by atoms with Crippen molar-refractivity contribution in [1.29, 1.82) is 0 Å². The summed E-state index contributed by atoms with van der Waals surface area (Å²) < 4.78 is 0. The van der Waals surface area contributed by atoms with E-state index in [0.717, 1.165) is 0 Å². The number of halogens is 1. The van der Waals surface area contributed by atoms with Crippen molar-refractivity contribution in [3.8, 4) is 0 Å². The number of aliphatic hydroxyl groups excluding tert-OH is 2. The lowest BCUT2D eigenvalue weighted by molar-refractivity contribution is -0.0372. The largest absolute Gasteiger partial charge is 0.390 e. The average molecular weight is 296 g/mol. The van der Waals surface area contributed by atoms with Crippen molar-refractivity contribution in [2.24, 2.45) is 11.8 Å². The van der Waals surface area contributed by atoms with Gasteiger partial charge in [0.1, 0.15) is 0 Å². The Balaban J connectivity index is 1.72. The minimum absolute atomic E-state index is 0.0223. The molecule has 1 aromatic carbocycles. The highest BCUT2D eigenvalue weighted by Gasteiger charge is 2.42. The first-order valence-corrected chi connectivity index (χ1v) is 7.33. The Labute approximate surface area is 123 Å². The lowest BCUT2D eigenvalue weighted by atomic mass is 9.79. The van der Waals surface area contributed by atoms with E-state index in [0.29, 0.717) is 36.5 Å². The highest BCUT2D eigenvalue weighted by molar-refractivity contribution is 6.30. The van der Waals surface area contributed by atoms with Gasteiger partial charge in [0.2, 0.25) is 0 Å².